The lowest BCUT2D eigenvalue weighted by Crippen LogP contribution is -2.47. The summed E-state index contributed by atoms with van der Waals surface area (Å²) in [6.45, 7) is 5.30. The fourth-order valence-electron chi connectivity index (χ4n) is 2.82. The van der Waals surface area contributed by atoms with Crippen molar-refractivity contribution < 1.29 is 9.21 Å². The molecule has 0 radical (unpaired) electrons. The van der Waals surface area contributed by atoms with Gasteiger partial charge in [-0.2, -0.15) is 0 Å². The van der Waals surface area contributed by atoms with Gasteiger partial charge in [-0.05, 0) is 24.3 Å². The number of carbonyl (C=O) groups excluding carboxylic acids is 1. The maximum atomic E-state index is 11.9. The largest absolute Gasteiger partial charge is 0.467 e. The molecule has 1 saturated heterocycles. The van der Waals surface area contributed by atoms with Crippen LogP contribution < -0.4 is 10.2 Å². The molecule has 5 nitrogen and oxygen atoms in total. The number of nitrogens with one attached hydrogen (secondary N) is 1. The van der Waals surface area contributed by atoms with Crippen molar-refractivity contribution in [2.24, 2.45) is 0 Å². The molecule has 2 heterocycles. The lowest BCUT2D eigenvalue weighted by atomic mass is 10.2. The molecule has 0 bridgehead atoms. The molecular formula is C18H23N3O2. The zero-order chi connectivity index (χ0) is 15.9. The van der Waals surface area contributed by atoms with E-state index in [1.807, 2.05) is 18.2 Å². The Morgan fingerprint density at radius 3 is 2.52 bits per heavy atom. The molecule has 0 unspecified atom stereocenters. The van der Waals surface area contributed by atoms with Crippen LogP contribution in [0.1, 0.15) is 12.2 Å². The van der Waals surface area contributed by atoms with Crippen molar-refractivity contribution in [3.05, 3.63) is 54.5 Å². The standard InChI is InChI=1S/C18H23N3O2/c22-18(19-15-17-7-4-14-23-17)8-9-20-10-12-21(13-11-20)16-5-2-1-3-6-16/h1-7,14H,8-13,15H2,(H,19,22). The fraction of sp³-hybridized carbons (Fsp3) is 0.389. The van der Waals surface area contributed by atoms with E-state index in [9.17, 15) is 4.79 Å². The molecule has 5 heteroatoms. The summed E-state index contributed by atoms with van der Waals surface area (Å²) in [7, 11) is 0. The summed E-state index contributed by atoms with van der Waals surface area (Å²) in [5.74, 6) is 0.863. The fourth-order valence-corrected chi connectivity index (χ4v) is 2.82. The lowest BCUT2D eigenvalue weighted by Gasteiger charge is -2.36. The number of nitrogens with zero attached hydrogens (tertiary/aromatic N) is 2. The molecule has 1 aromatic carbocycles. The van der Waals surface area contributed by atoms with Gasteiger partial charge in [0.2, 0.25) is 5.91 Å². The van der Waals surface area contributed by atoms with Gasteiger partial charge < -0.3 is 14.6 Å². The van der Waals surface area contributed by atoms with Gasteiger partial charge in [0, 0.05) is 44.8 Å². The SMILES string of the molecule is O=C(CCN1CCN(c2ccccc2)CC1)NCc1ccco1. The number of furan rings is 1. The van der Waals surface area contributed by atoms with Crippen LogP contribution in [0.3, 0.4) is 0 Å². The Morgan fingerprint density at radius 1 is 1.04 bits per heavy atom. The molecule has 0 aliphatic carbocycles. The van der Waals surface area contributed by atoms with E-state index in [4.69, 9.17) is 4.42 Å². The van der Waals surface area contributed by atoms with Crippen LogP contribution in [0.2, 0.25) is 0 Å². The Hall–Kier alpha value is -2.27. The molecule has 0 spiro atoms. The lowest BCUT2D eigenvalue weighted by molar-refractivity contribution is -0.121. The molecule has 1 aliphatic rings. The highest BCUT2D eigenvalue weighted by atomic mass is 16.3. The Labute approximate surface area is 136 Å². The minimum Gasteiger partial charge on any atom is -0.467 e. The van der Waals surface area contributed by atoms with Crippen LogP contribution in [0.5, 0.6) is 0 Å². The summed E-state index contributed by atoms with van der Waals surface area (Å²) in [6.07, 6.45) is 2.15. The number of para-hydroxylation sites is 1. The summed E-state index contributed by atoms with van der Waals surface area (Å²) in [6, 6.07) is 14.2. The molecule has 23 heavy (non-hydrogen) atoms. The van der Waals surface area contributed by atoms with Gasteiger partial charge in [0.05, 0.1) is 12.8 Å². The van der Waals surface area contributed by atoms with Crippen molar-refractivity contribution in [1.29, 1.82) is 0 Å². The number of amides is 1. The second-order valence-electron chi connectivity index (χ2n) is 5.77. The third-order valence-corrected chi connectivity index (χ3v) is 4.19. The van der Waals surface area contributed by atoms with Crippen molar-refractivity contribution in [2.45, 2.75) is 13.0 Å². The summed E-state index contributed by atoms with van der Waals surface area (Å²) in [5.41, 5.74) is 1.28. The number of carbonyl (C=O) groups is 1. The number of rotatable bonds is 6. The first-order chi connectivity index (χ1) is 11.3. The first kappa shape index (κ1) is 15.6. The number of hydrogen-bond donors (Lipinski definition) is 1. The van der Waals surface area contributed by atoms with E-state index in [0.29, 0.717) is 13.0 Å². The monoisotopic (exact) mass is 313 g/mol. The molecule has 0 atom stereocenters. The number of anilines is 1. The highest BCUT2D eigenvalue weighted by Crippen LogP contribution is 2.15. The molecule has 1 N–H and O–H groups in total. The van der Waals surface area contributed by atoms with Crippen LogP contribution in [-0.4, -0.2) is 43.5 Å². The quantitative estimate of drug-likeness (QED) is 0.887. The minimum absolute atomic E-state index is 0.0758. The van der Waals surface area contributed by atoms with E-state index >= 15 is 0 Å². The Balaban J connectivity index is 1.35. The summed E-state index contributed by atoms with van der Waals surface area (Å²) in [5, 5.41) is 2.89. The second-order valence-corrected chi connectivity index (χ2v) is 5.77. The zero-order valence-corrected chi connectivity index (χ0v) is 13.3. The smallest absolute Gasteiger partial charge is 0.221 e. The number of piperazine rings is 1. The summed E-state index contributed by atoms with van der Waals surface area (Å²) < 4.78 is 5.20. The van der Waals surface area contributed by atoms with Crippen LogP contribution in [0, 0.1) is 0 Å². The van der Waals surface area contributed by atoms with Gasteiger partial charge in [-0.25, -0.2) is 0 Å². The average Bonchev–Trinajstić information content (AvgIpc) is 3.13. The molecule has 0 saturated carbocycles. The van der Waals surface area contributed by atoms with Crippen molar-refractivity contribution in [2.75, 3.05) is 37.6 Å². The van der Waals surface area contributed by atoms with Gasteiger partial charge in [0.1, 0.15) is 5.76 Å². The molecule has 122 valence electrons. The Kier molecular flexibility index (Phi) is 5.32. The first-order valence-electron chi connectivity index (χ1n) is 8.13. The Morgan fingerprint density at radius 2 is 1.83 bits per heavy atom. The van der Waals surface area contributed by atoms with Gasteiger partial charge in [-0.3, -0.25) is 9.69 Å². The van der Waals surface area contributed by atoms with Crippen molar-refractivity contribution in [3.63, 3.8) is 0 Å². The van der Waals surface area contributed by atoms with Crippen LogP contribution in [0.15, 0.2) is 53.1 Å². The number of benzene rings is 1. The third kappa shape index (κ3) is 4.60. The van der Waals surface area contributed by atoms with E-state index in [1.54, 1.807) is 6.26 Å². The van der Waals surface area contributed by atoms with Crippen LogP contribution in [-0.2, 0) is 11.3 Å². The summed E-state index contributed by atoms with van der Waals surface area (Å²) in [4.78, 5) is 16.6. The van der Waals surface area contributed by atoms with Crippen molar-refractivity contribution in [3.8, 4) is 0 Å². The van der Waals surface area contributed by atoms with Crippen molar-refractivity contribution in [1.82, 2.24) is 10.2 Å². The normalized spacial score (nSPS) is 15.6. The third-order valence-electron chi connectivity index (χ3n) is 4.19. The maximum absolute atomic E-state index is 11.9. The Bertz CT molecular complexity index is 590. The van der Waals surface area contributed by atoms with Crippen LogP contribution in [0.4, 0.5) is 5.69 Å². The molecule has 3 rings (SSSR count). The van der Waals surface area contributed by atoms with Crippen LogP contribution >= 0.6 is 0 Å². The molecule has 1 fully saturated rings. The molecule has 1 amide bonds. The topological polar surface area (TPSA) is 48.7 Å². The maximum Gasteiger partial charge on any atom is 0.221 e. The molecular weight excluding hydrogens is 290 g/mol. The highest BCUT2D eigenvalue weighted by Gasteiger charge is 2.17. The van der Waals surface area contributed by atoms with E-state index in [2.05, 4.69) is 39.4 Å². The average molecular weight is 313 g/mol. The molecule has 2 aromatic rings. The number of hydrogen-bond acceptors (Lipinski definition) is 4. The molecule has 1 aromatic heterocycles. The van der Waals surface area contributed by atoms with Gasteiger partial charge in [-0.15, -0.1) is 0 Å². The van der Waals surface area contributed by atoms with E-state index in [1.165, 1.54) is 5.69 Å². The van der Waals surface area contributed by atoms with Gasteiger partial charge in [-0.1, -0.05) is 18.2 Å². The second kappa shape index (κ2) is 7.83. The zero-order valence-electron chi connectivity index (χ0n) is 13.3. The predicted molar refractivity (Wildman–Crippen MR) is 90.3 cm³/mol. The highest BCUT2D eigenvalue weighted by molar-refractivity contribution is 5.75. The van der Waals surface area contributed by atoms with E-state index in [-0.39, 0.29) is 5.91 Å². The van der Waals surface area contributed by atoms with E-state index in [0.717, 1.165) is 38.5 Å². The van der Waals surface area contributed by atoms with Crippen LogP contribution in [0.25, 0.3) is 0 Å². The van der Waals surface area contributed by atoms with Gasteiger partial charge >= 0.3 is 0 Å². The predicted octanol–water partition coefficient (Wildman–Crippen LogP) is 2.11. The van der Waals surface area contributed by atoms with Crippen molar-refractivity contribution >= 4 is 11.6 Å². The summed E-state index contributed by atoms with van der Waals surface area (Å²) >= 11 is 0. The van der Waals surface area contributed by atoms with E-state index < -0.39 is 0 Å². The molecule has 1 aliphatic heterocycles. The van der Waals surface area contributed by atoms with Gasteiger partial charge in [0.25, 0.3) is 0 Å². The first-order valence-corrected chi connectivity index (χ1v) is 8.13. The van der Waals surface area contributed by atoms with Gasteiger partial charge in [0.15, 0.2) is 0 Å². The minimum atomic E-state index is 0.0758.